The van der Waals surface area contributed by atoms with Gasteiger partial charge < -0.3 is 14.6 Å². The number of ether oxygens (including phenoxy) is 1. The lowest BCUT2D eigenvalue weighted by atomic mass is 10.2. The Morgan fingerprint density at radius 2 is 1.90 bits per heavy atom. The Balaban J connectivity index is 2.04. The topological polar surface area (TPSA) is 60.3 Å². The summed E-state index contributed by atoms with van der Waals surface area (Å²) in [6.45, 7) is 0.395. The fourth-order valence-corrected chi connectivity index (χ4v) is 1.81. The van der Waals surface area contributed by atoms with Gasteiger partial charge in [-0.05, 0) is 23.8 Å². The number of carbonyl (C=O) groups excluding carboxylic acids is 1. The average molecular weight is 272 g/mol. The lowest BCUT2D eigenvalue weighted by Gasteiger charge is -2.09. The van der Waals surface area contributed by atoms with Crippen molar-refractivity contribution in [1.82, 2.24) is 9.88 Å². The second-order valence-electron chi connectivity index (χ2n) is 4.34. The minimum absolute atomic E-state index is 0.206. The summed E-state index contributed by atoms with van der Waals surface area (Å²) in [6.07, 6.45) is 0. The van der Waals surface area contributed by atoms with Crippen LogP contribution in [0.1, 0.15) is 16.1 Å². The summed E-state index contributed by atoms with van der Waals surface area (Å²) in [6, 6.07) is 12.0. The highest BCUT2D eigenvalue weighted by molar-refractivity contribution is 5.92. The normalized spacial score (nSPS) is 10.1. The minimum Gasteiger partial charge on any atom is -0.497 e. The molecule has 0 saturated heterocycles. The fourth-order valence-electron chi connectivity index (χ4n) is 1.81. The first-order valence-corrected chi connectivity index (χ1v) is 6.19. The van der Waals surface area contributed by atoms with Gasteiger partial charge in [0, 0.05) is 19.7 Å². The van der Waals surface area contributed by atoms with Crippen LogP contribution < -0.4 is 15.6 Å². The molecule has 1 heterocycles. The van der Waals surface area contributed by atoms with Crippen LogP contribution in [-0.4, -0.2) is 17.6 Å². The highest BCUT2D eigenvalue weighted by Gasteiger charge is 2.09. The molecule has 2 aromatic rings. The SMILES string of the molecule is COc1ccc(CNC(=O)c2cccc(=O)n2C)cc1. The number of rotatable bonds is 4. The first-order chi connectivity index (χ1) is 9.61. The number of hydrogen-bond donors (Lipinski definition) is 1. The Labute approximate surface area is 116 Å². The molecule has 0 unspecified atom stereocenters. The van der Waals surface area contributed by atoms with Crippen LogP contribution in [0.5, 0.6) is 5.75 Å². The van der Waals surface area contributed by atoms with E-state index in [9.17, 15) is 9.59 Å². The number of amides is 1. The highest BCUT2D eigenvalue weighted by Crippen LogP contribution is 2.11. The number of nitrogens with one attached hydrogen (secondary N) is 1. The van der Waals surface area contributed by atoms with Gasteiger partial charge in [-0.25, -0.2) is 0 Å². The van der Waals surface area contributed by atoms with Crippen LogP contribution in [0.3, 0.4) is 0 Å². The molecule has 0 bridgehead atoms. The highest BCUT2D eigenvalue weighted by atomic mass is 16.5. The van der Waals surface area contributed by atoms with Gasteiger partial charge >= 0.3 is 0 Å². The van der Waals surface area contributed by atoms with E-state index in [2.05, 4.69) is 5.32 Å². The van der Waals surface area contributed by atoms with Crippen molar-refractivity contribution in [2.75, 3.05) is 7.11 Å². The van der Waals surface area contributed by atoms with Crippen LogP contribution in [0.4, 0.5) is 0 Å². The molecule has 0 spiro atoms. The number of benzene rings is 1. The zero-order valence-corrected chi connectivity index (χ0v) is 11.4. The standard InChI is InChI=1S/C15H16N2O3/c1-17-13(4-3-5-14(17)18)15(19)16-10-11-6-8-12(20-2)9-7-11/h3-9H,10H2,1-2H3,(H,16,19). The molecule has 20 heavy (non-hydrogen) atoms. The summed E-state index contributed by atoms with van der Waals surface area (Å²) in [4.78, 5) is 23.5. The summed E-state index contributed by atoms with van der Waals surface area (Å²) in [5.74, 6) is 0.492. The predicted octanol–water partition coefficient (Wildman–Crippen LogP) is 1.32. The quantitative estimate of drug-likeness (QED) is 0.913. The van der Waals surface area contributed by atoms with E-state index in [4.69, 9.17) is 4.74 Å². The largest absolute Gasteiger partial charge is 0.497 e. The van der Waals surface area contributed by atoms with E-state index in [0.717, 1.165) is 11.3 Å². The van der Waals surface area contributed by atoms with E-state index in [-0.39, 0.29) is 11.5 Å². The van der Waals surface area contributed by atoms with Crippen molar-refractivity contribution in [3.8, 4) is 5.75 Å². The van der Waals surface area contributed by atoms with E-state index in [1.165, 1.54) is 10.6 Å². The number of methoxy groups -OCH3 is 1. The third-order valence-electron chi connectivity index (χ3n) is 3.03. The van der Waals surface area contributed by atoms with Crippen molar-refractivity contribution < 1.29 is 9.53 Å². The number of hydrogen-bond acceptors (Lipinski definition) is 3. The Kier molecular flexibility index (Phi) is 4.20. The Hall–Kier alpha value is -2.56. The molecule has 1 N–H and O–H groups in total. The van der Waals surface area contributed by atoms with Crippen LogP contribution in [-0.2, 0) is 13.6 Å². The van der Waals surface area contributed by atoms with Gasteiger partial charge in [-0.1, -0.05) is 18.2 Å². The first-order valence-electron chi connectivity index (χ1n) is 6.19. The van der Waals surface area contributed by atoms with Crippen LogP contribution in [0.25, 0.3) is 0 Å². The zero-order chi connectivity index (χ0) is 14.5. The predicted molar refractivity (Wildman–Crippen MR) is 75.8 cm³/mol. The van der Waals surface area contributed by atoms with Gasteiger partial charge in [0.25, 0.3) is 11.5 Å². The fraction of sp³-hybridized carbons (Fsp3) is 0.200. The molecule has 0 atom stereocenters. The van der Waals surface area contributed by atoms with Crippen LogP contribution in [0.2, 0.25) is 0 Å². The maximum absolute atomic E-state index is 12.0. The molecule has 0 fully saturated rings. The Morgan fingerprint density at radius 1 is 1.20 bits per heavy atom. The molecule has 1 aromatic heterocycles. The molecule has 0 aliphatic carbocycles. The summed E-state index contributed by atoms with van der Waals surface area (Å²) in [5.41, 5.74) is 1.09. The number of pyridine rings is 1. The second kappa shape index (κ2) is 6.06. The smallest absolute Gasteiger partial charge is 0.268 e. The molecular weight excluding hydrogens is 256 g/mol. The van der Waals surface area contributed by atoms with E-state index in [1.54, 1.807) is 26.3 Å². The van der Waals surface area contributed by atoms with Gasteiger partial charge in [-0.3, -0.25) is 9.59 Å². The third kappa shape index (κ3) is 3.06. The molecule has 0 radical (unpaired) electrons. The van der Waals surface area contributed by atoms with E-state index < -0.39 is 0 Å². The van der Waals surface area contributed by atoms with E-state index >= 15 is 0 Å². The maximum atomic E-state index is 12.0. The molecule has 5 heteroatoms. The molecule has 0 aliphatic rings. The average Bonchev–Trinajstić information content (AvgIpc) is 2.48. The van der Waals surface area contributed by atoms with E-state index in [0.29, 0.717) is 12.2 Å². The molecule has 104 valence electrons. The number of carbonyl (C=O) groups is 1. The monoisotopic (exact) mass is 272 g/mol. The molecule has 5 nitrogen and oxygen atoms in total. The Morgan fingerprint density at radius 3 is 2.55 bits per heavy atom. The molecule has 1 amide bonds. The van der Waals surface area contributed by atoms with Crippen molar-refractivity contribution in [1.29, 1.82) is 0 Å². The van der Waals surface area contributed by atoms with Crippen molar-refractivity contribution in [3.63, 3.8) is 0 Å². The van der Waals surface area contributed by atoms with Crippen molar-refractivity contribution in [2.45, 2.75) is 6.54 Å². The minimum atomic E-state index is -0.277. The van der Waals surface area contributed by atoms with E-state index in [1.807, 2.05) is 24.3 Å². The lowest BCUT2D eigenvalue weighted by molar-refractivity contribution is 0.0941. The summed E-state index contributed by atoms with van der Waals surface area (Å²) in [7, 11) is 3.18. The molecular formula is C15H16N2O3. The van der Waals surface area contributed by atoms with Crippen LogP contribution in [0, 0.1) is 0 Å². The lowest BCUT2D eigenvalue weighted by Crippen LogP contribution is -2.30. The van der Waals surface area contributed by atoms with Crippen molar-refractivity contribution in [3.05, 3.63) is 64.1 Å². The summed E-state index contributed by atoms with van der Waals surface area (Å²) in [5, 5.41) is 2.78. The van der Waals surface area contributed by atoms with Crippen LogP contribution in [0.15, 0.2) is 47.3 Å². The summed E-state index contributed by atoms with van der Waals surface area (Å²) < 4.78 is 6.39. The van der Waals surface area contributed by atoms with Gasteiger partial charge in [-0.15, -0.1) is 0 Å². The van der Waals surface area contributed by atoms with Gasteiger partial charge in [0.2, 0.25) is 0 Å². The molecule has 1 aromatic carbocycles. The first kappa shape index (κ1) is 13.9. The number of aromatic nitrogens is 1. The molecule has 0 saturated carbocycles. The van der Waals surface area contributed by atoms with Crippen LogP contribution >= 0.6 is 0 Å². The third-order valence-corrected chi connectivity index (χ3v) is 3.03. The van der Waals surface area contributed by atoms with Gasteiger partial charge in [0.05, 0.1) is 7.11 Å². The Bertz CT molecular complexity index is 660. The maximum Gasteiger partial charge on any atom is 0.268 e. The molecule has 0 aliphatic heterocycles. The molecule has 2 rings (SSSR count). The van der Waals surface area contributed by atoms with Gasteiger partial charge in [0.15, 0.2) is 0 Å². The number of nitrogens with zero attached hydrogens (tertiary/aromatic N) is 1. The summed E-state index contributed by atoms with van der Waals surface area (Å²) >= 11 is 0. The second-order valence-corrected chi connectivity index (χ2v) is 4.34. The van der Waals surface area contributed by atoms with Gasteiger partial charge in [0.1, 0.15) is 11.4 Å². The van der Waals surface area contributed by atoms with Crippen molar-refractivity contribution in [2.24, 2.45) is 7.05 Å². The van der Waals surface area contributed by atoms with Gasteiger partial charge in [-0.2, -0.15) is 0 Å². The zero-order valence-electron chi connectivity index (χ0n) is 11.4. The van der Waals surface area contributed by atoms with Crippen molar-refractivity contribution >= 4 is 5.91 Å².